The molecule has 0 aromatic heterocycles. The van der Waals surface area contributed by atoms with Gasteiger partial charge in [-0.1, -0.05) is 6.07 Å². The average Bonchev–Trinajstić information content (AvgIpc) is 2.79. The first-order chi connectivity index (χ1) is 15.3. The summed E-state index contributed by atoms with van der Waals surface area (Å²) in [5.41, 5.74) is 1.57. The first-order valence-electron chi connectivity index (χ1n) is 10.0. The van der Waals surface area contributed by atoms with E-state index in [1.165, 1.54) is 20.3 Å². The predicted molar refractivity (Wildman–Crippen MR) is 111 cm³/mol. The maximum atomic E-state index is 10.2. The molecule has 5 unspecified atom stereocenters. The second-order valence-electron chi connectivity index (χ2n) is 7.47. The highest BCUT2D eigenvalue weighted by atomic mass is 16.7. The van der Waals surface area contributed by atoms with Gasteiger partial charge in [0.25, 0.3) is 0 Å². The minimum absolute atomic E-state index is 0.00184. The van der Waals surface area contributed by atoms with Crippen molar-refractivity contribution >= 4 is 0 Å². The zero-order chi connectivity index (χ0) is 23.4. The lowest BCUT2D eigenvalue weighted by atomic mass is 9.99. The Kier molecular flexibility index (Phi) is 7.64. The third kappa shape index (κ3) is 5.00. The van der Waals surface area contributed by atoms with Gasteiger partial charge in [-0.05, 0) is 48.2 Å². The second kappa shape index (κ2) is 10.2. The van der Waals surface area contributed by atoms with Crippen LogP contribution in [0.3, 0.4) is 0 Å². The summed E-state index contributed by atoms with van der Waals surface area (Å²) >= 11 is 0. The van der Waals surface area contributed by atoms with Crippen molar-refractivity contribution in [3.8, 4) is 28.7 Å². The van der Waals surface area contributed by atoms with Gasteiger partial charge in [-0.3, -0.25) is 0 Å². The quantitative estimate of drug-likeness (QED) is 0.324. The van der Waals surface area contributed by atoms with Crippen LogP contribution in [0.1, 0.15) is 11.1 Å². The molecule has 1 fully saturated rings. The first kappa shape index (κ1) is 23.9. The minimum atomic E-state index is -1.59. The summed E-state index contributed by atoms with van der Waals surface area (Å²) in [6, 6.07) is 7.99. The summed E-state index contributed by atoms with van der Waals surface area (Å²) in [6.07, 6.45) is -6.18. The number of aliphatic hydroxyl groups is 4. The van der Waals surface area contributed by atoms with Gasteiger partial charge < -0.3 is 49.6 Å². The van der Waals surface area contributed by atoms with E-state index in [9.17, 15) is 30.6 Å². The Morgan fingerprint density at radius 2 is 1.50 bits per heavy atom. The van der Waals surface area contributed by atoms with Gasteiger partial charge >= 0.3 is 0 Å². The third-order valence-corrected chi connectivity index (χ3v) is 5.34. The highest BCUT2D eigenvalue weighted by Crippen LogP contribution is 2.38. The van der Waals surface area contributed by atoms with Crippen LogP contribution in [0.2, 0.25) is 0 Å². The smallest absolute Gasteiger partial charge is 0.229 e. The molecule has 0 bridgehead atoms. The molecule has 5 atom stereocenters. The number of hydrogen-bond acceptors (Lipinski definition) is 10. The fourth-order valence-corrected chi connectivity index (χ4v) is 3.53. The van der Waals surface area contributed by atoms with Crippen molar-refractivity contribution in [2.75, 3.05) is 20.8 Å². The van der Waals surface area contributed by atoms with E-state index in [0.717, 1.165) is 11.1 Å². The van der Waals surface area contributed by atoms with Crippen LogP contribution in [0.25, 0.3) is 0 Å². The SMILES string of the molecule is COc1cc(CCc2ccc(O)c(OC3OC(CO)C(O)C(O)C3O)c2)cc(O)c1OC. The van der Waals surface area contributed by atoms with E-state index in [0.29, 0.717) is 18.6 Å². The van der Waals surface area contributed by atoms with Gasteiger partial charge in [-0.15, -0.1) is 0 Å². The van der Waals surface area contributed by atoms with E-state index >= 15 is 0 Å². The average molecular weight is 452 g/mol. The van der Waals surface area contributed by atoms with E-state index in [4.69, 9.17) is 18.9 Å². The van der Waals surface area contributed by atoms with Gasteiger partial charge in [0.1, 0.15) is 24.4 Å². The number of aromatic hydroxyl groups is 2. The summed E-state index contributed by atoms with van der Waals surface area (Å²) in [6.45, 7) is -0.588. The van der Waals surface area contributed by atoms with Crippen LogP contribution in [0.5, 0.6) is 28.7 Å². The number of ether oxygens (including phenoxy) is 4. The molecule has 10 nitrogen and oxygen atoms in total. The number of rotatable bonds is 8. The van der Waals surface area contributed by atoms with Crippen molar-refractivity contribution in [1.82, 2.24) is 0 Å². The summed E-state index contributed by atoms with van der Waals surface area (Å²) < 4.78 is 21.2. The molecule has 0 saturated carbocycles. The van der Waals surface area contributed by atoms with Crippen LogP contribution in [-0.2, 0) is 17.6 Å². The van der Waals surface area contributed by atoms with Crippen LogP contribution in [0.15, 0.2) is 30.3 Å². The van der Waals surface area contributed by atoms with E-state index in [1.807, 2.05) is 0 Å². The summed E-state index contributed by atoms with van der Waals surface area (Å²) in [5, 5.41) is 59.5. The Bertz CT molecular complexity index is 916. The summed E-state index contributed by atoms with van der Waals surface area (Å²) in [7, 11) is 2.91. The number of phenols is 2. The number of hydrogen-bond donors (Lipinski definition) is 6. The fourth-order valence-electron chi connectivity index (χ4n) is 3.53. The van der Waals surface area contributed by atoms with Crippen LogP contribution in [0, 0.1) is 0 Å². The first-order valence-corrected chi connectivity index (χ1v) is 10.0. The van der Waals surface area contributed by atoms with Crippen molar-refractivity contribution in [1.29, 1.82) is 0 Å². The molecule has 3 rings (SSSR count). The lowest BCUT2D eigenvalue weighted by molar-refractivity contribution is -0.277. The molecule has 1 aliphatic rings. The largest absolute Gasteiger partial charge is 0.504 e. The monoisotopic (exact) mass is 452 g/mol. The second-order valence-corrected chi connectivity index (χ2v) is 7.47. The van der Waals surface area contributed by atoms with Crippen LogP contribution in [-0.4, -0.2) is 82.2 Å². The van der Waals surface area contributed by atoms with Crippen LogP contribution in [0.4, 0.5) is 0 Å². The van der Waals surface area contributed by atoms with Gasteiger partial charge in [-0.25, -0.2) is 0 Å². The highest BCUT2D eigenvalue weighted by Gasteiger charge is 2.44. The molecule has 0 radical (unpaired) electrons. The molecule has 10 heteroatoms. The van der Waals surface area contributed by atoms with E-state index in [-0.39, 0.29) is 23.0 Å². The van der Waals surface area contributed by atoms with Crippen molar-refractivity contribution in [3.05, 3.63) is 41.5 Å². The molecule has 1 saturated heterocycles. The lowest BCUT2D eigenvalue weighted by Gasteiger charge is -2.39. The molecule has 0 spiro atoms. The Labute approximate surface area is 184 Å². The van der Waals surface area contributed by atoms with Crippen molar-refractivity contribution in [2.45, 2.75) is 43.5 Å². The van der Waals surface area contributed by atoms with Gasteiger partial charge in [-0.2, -0.15) is 0 Å². The standard InChI is InChI=1S/C22H28O10/c1-29-16-9-12(7-14(25)21(16)30-2)4-3-11-5-6-13(24)15(8-11)31-22-20(28)19(27)18(26)17(10-23)32-22/h5-9,17-20,22-28H,3-4,10H2,1-2H3. The van der Waals surface area contributed by atoms with Crippen molar-refractivity contribution < 1.29 is 49.6 Å². The van der Waals surface area contributed by atoms with E-state index in [1.54, 1.807) is 24.3 Å². The Hall–Kier alpha value is -2.76. The maximum absolute atomic E-state index is 10.2. The molecule has 2 aromatic rings. The Balaban J connectivity index is 1.73. The van der Waals surface area contributed by atoms with Crippen LogP contribution < -0.4 is 14.2 Å². The number of phenolic OH excluding ortho intramolecular Hbond substituents is 2. The molecule has 32 heavy (non-hydrogen) atoms. The molecule has 1 aliphatic heterocycles. The predicted octanol–water partition coefficient (Wildman–Crippen LogP) is 0.0789. The van der Waals surface area contributed by atoms with Crippen LogP contribution >= 0.6 is 0 Å². The normalized spacial score (nSPS) is 25.4. The molecule has 0 amide bonds. The third-order valence-electron chi connectivity index (χ3n) is 5.34. The van der Waals surface area contributed by atoms with Crippen molar-refractivity contribution in [3.63, 3.8) is 0 Å². The van der Waals surface area contributed by atoms with Gasteiger partial charge in [0, 0.05) is 0 Å². The molecular weight excluding hydrogens is 424 g/mol. The zero-order valence-corrected chi connectivity index (χ0v) is 17.7. The van der Waals surface area contributed by atoms with Gasteiger partial charge in [0.15, 0.2) is 23.0 Å². The Morgan fingerprint density at radius 1 is 0.812 bits per heavy atom. The molecule has 2 aromatic carbocycles. The molecule has 1 heterocycles. The fraction of sp³-hybridized carbons (Fsp3) is 0.455. The zero-order valence-electron chi connectivity index (χ0n) is 17.7. The molecular formula is C22H28O10. The summed E-state index contributed by atoms with van der Waals surface area (Å²) in [4.78, 5) is 0. The summed E-state index contributed by atoms with van der Waals surface area (Å²) in [5.74, 6) is 0.395. The number of aryl methyl sites for hydroxylation is 2. The topological polar surface area (TPSA) is 158 Å². The van der Waals surface area contributed by atoms with Crippen molar-refractivity contribution in [2.24, 2.45) is 0 Å². The molecule has 176 valence electrons. The van der Waals surface area contributed by atoms with Gasteiger partial charge in [0.2, 0.25) is 12.0 Å². The minimum Gasteiger partial charge on any atom is -0.504 e. The molecule has 6 N–H and O–H groups in total. The lowest BCUT2D eigenvalue weighted by Crippen LogP contribution is -2.60. The van der Waals surface area contributed by atoms with E-state index in [2.05, 4.69) is 0 Å². The van der Waals surface area contributed by atoms with Gasteiger partial charge in [0.05, 0.1) is 20.8 Å². The number of methoxy groups -OCH3 is 2. The number of benzene rings is 2. The number of aliphatic hydroxyl groups excluding tert-OH is 4. The Morgan fingerprint density at radius 3 is 2.16 bits per heavy atom. The maximum Gasteiger partial charge on any atom is 0.229 e. The highest BCUT2D eigenvalue weighted by molar-refractivity contribution is 5.53. The van der Waals surface area contributed by atoms with E-state index < -0.39 is 37.3 Å². The molecule has 0 aliphatic carbocycles.